The summed E-state index contributed by atoms with van der Waals surface area (Å²) >= 11 is 0. The highest BCUT2D eigenvalue weighted by atomic mass is 32.2. The number of fused-ring (bicyclic) bond motifs is 1. The van der Waals surface area contributed by atoms with E-state index in [-0.39, 0.29) is 19.0 Å². The van der Waals surface area contributed by atoms with E-state index >= 15 is 0 Å². The van der Waals surface area contributed by atoms with Gasteiger partial charge < -0.3 is 5.32 Å². The highest BCUT2D eigenvalue weighted by molar-refractivity contribution is 7.88. The Morgan fingerprint density at radius 1 is 0.889 bits per heavy atom. The van der Waals surface area contributed by atoms with Crippen molar-refractivity contribution in [3.8, 4) is 0 Å². The molecule has 0 radical (unpaired) electrons. The van der Waals surface area contributed by atoms with Crippen LogP contribution in [0.3, 0.4) is 0 Å². The third-order valence-electron chi connectivity index (χ3n) is 4.29. The van der Waals surface area contributed by atoms with E-state index in [0.29, 0.717) is 6.54 Å². The molecule has 0 atom stereocenters. The molecule has 1 N–H and O–H groups in total. The van der Waals surface area contributed by atoms with Gasteiger partial charge in [-0.05, 0) is 28.0 Å². The van der Waals surface area contributed by atoms with Gasteiger partial charge in [0.05, 0.1) is 12.8 Å². The van der Waals surface area contributed by atoms with Gasteiger partial charge in [0.25, 0.3) is 0 Å². The standard InChI is InChI=1S/C21H22N2O3S/c1-27(25,26)23(15-17-7-3-2-4-8-17)16-21(24)22-14-18-11-12-19-9-5-6-10-20(19)13-18/h2-13H,14-16H2,1H3,(H,22,24). The zero-order chi connectivity index (χ0) is 19.3. The second-order valence-electron chi connectivity index (χ2n) is 6.47. The van der Waals surface area contributed by atoms with E-state index in [1.807, 2.05) is 72.8 Å². The van der Waals surface area contributed by atoms with Crippen LogP contribution in [0.25, 0.3) is 10.8 Å². The summed E-state index contributed by atoms with van der Waals surface area (Å²) in [7, 11) is -3.50. The van der Waals surface area contributed by atoms with E-state index in [0.717, 1.165) is 28.2 Å². The Bertz CT molecular complexity index is 1030. The van der Waals surface area contributed by atoms with Crippen molar-refractivity contribution in [2.45, 2.75) is 13.1 Å². The van der Waals surface area contributed by atoms with Crippen LogP contribution in [0.2, 0.25) is 0 Å². The van der Waals surface area contributed by atoms with E-state index in [2.05, 4.69) is 5.32 Å². The zero-order valence-electron chi connectivity index (χ0n) is 15.1. The molecular weight excluding hydrogens is 360 g/mol. The molecule has 0 saturated carbocycles. The summed E-state index contributed by atoms with van der Waals surface area (Å²) in [5.41, 5.74) is 1.81. The molecule has 6 heteroatoms. The van der Waals surface area contributed by atoms with Crippen molar-refractivity contribution in [1.82, 2.24) is 9.62 Å². The van der Waals surface area contributed by atoms with Crippen LogP contribution in [-0.4, -0.2) is 31.4 Å². The summed E-state index contributed by atoms with van der Waals surface area (Å²) in [6, 6.07) is 23.2. The minimum absolute atomic E-state index is 0.170. The zero-order valence-corrected chi connectivity index (χ0v) is 15.9. The number of carbonyl (C=O) groups is 1. The van der Waals surface area contributed by atoms with Gasteiger partial charge in [0.15, 0.2) is 0 Å². The molecule has 3 rings (SSSR count). The fourth-order valence-corrected chi connectivity index (χ4v) is 3.58. The monoisotopic (exact) mass is 382 g/mol. The smallest absolute Gasteiger partial charge is 0.235 e. The van der Waals surface area contributed by atoms with E-state index in [1.54, 1.807) is 0 Å². The van der Waals surface area contributed by atoms with Crippen LogP contribution in [0, 0.1) is 0 Å². The van der Waals surface area contributed by atoms with Gasteiger partial charge in [0.1, 0.15) is 0 Å². The Morgan fingerprint density at radius 2 is 1.56 bits per heavy atom. The molecular formula is C21H22N2O3S. The Hall–Kier alpha value is -2.70. The SMILES string of the molecule is CS(=O)(=O)N(CC(=O)NCc1ccc2ccccc2c1)Cc1ccccc1. The Balaban J connectivity index is 1.63. The molecule has 1 amide bonds. The molecule has 0 spiro atoms. The third kappa shape index (κ3) is 5.39. The lowest BCUT2D eigenvalue weighted by molar-refractivity contribution is -0.121. The van der Waals surface area contributed by atoms with Crippen LogP contribution in [0.4, 0.5) is 0 Å². The number of rotatable bonds is 7. The first kappa shape index (κ1) is 19.1. The summed E-state index contributed by atoms with van der Waals surface area (Å²) in [5, 5.41) is 5.05. The van der Waals surface area contributed by atoms with Crippen molar-refractivity contribution < 1.29 is 13.2 Å². The lowest BCUT2D eigenvalue weighted by Gasteiger charge is -2.19. The quantitative estimate of drug-likeness (QED) is 0.683. The van der Waals surface area contributed by atoms with Crippen LogP contribution in [0.15, 0.2) is 72.8 Å². The Morgan fingerprint density at radius 3 is 2.26 bits per heavy atom. The van der Waals surface area contributed by atoms with Crippen LogP contribution < -0.4 is 5.32 Å². The van der Waals surface area contributed by atoms with Crippen molar-refractivity contribution >= 4 is 26.7 Å². The van der Waals surface area contributed by atoms with Crippen LogP contribution in [0.5, 0.6) is 0 Å². The molecule has 140 valence electrons. The molecule has 0 aliphatic carbocycles. The summed E-state index contributed by atoms with van der Waals surface area (Å²) in [6.45, 7) is 0.316. The maximum atomic E-state index is 12.3. The van der Waals surface area contributed by atoms with Gasteiger partial charge >= 0.3 is 0 Å². The third-order valence-corrected chi connectivity index (χ3v) is 5.49. The van der Waals surface area contributed by atoms with Gasteiger partial charge in [0, 0.05) is 13.1 Å². The first-order valence-corrected chi connectivity index (χ1v) is 10.5. The summed E-state index contributed by atoms with van der Waals surface area (Å²) in [4.78, 5) is 12.3. The fourth-order valence-electron chi connectivity index (χ4n) is 2.84. The number of amides is 1. The predicted molar refractivity (Wildman–Crippen MR) is 107 cm³/mol. The molecule has 0 heterocycles. The first-order chi connectivity index (χ1) is 12.9. The number of hydrogen-bond donors (Lipinski definition) is 1. The molecule has 0 aliphatic heterocycles. The van der Waals surface area contributed by atoms with Crippen LogP contribution in [-0.2, 0) is 27.9 Å². The molecule has 0 aromatic heterocycles. The van der Waals surface area contributed by atoms with Gasteiger partial charge in [-0.3, -0.25) is 4.79 Å². The van der Waals surface area contributed by atoms with Crippen molar-refractivity contribution in [2.75, 3.05) is 12.8 Å². The van der Waals surface area contributed by atoms with Gasteiger partial charge in [-0.2, -0.15) is 4.31 Å². The molecule has 0 unspecified atom stereocenters. The highest BCUT2D eigenvalue weighted by Crippen LogP contribution is 2.15. The topological polar surface area (TPSA) is 66.5 Å². The van der Waals surface area contributed by atoms with Gasteiger partial charge in [-0.1, -0.05) is 66.7 Å². The maximum absolute atomic E-state index is 12.3. The Kier molecular flexibility index (Phi) is 5.88. The fraction of sp³-hybridized carbons (Fsp3) is 0.190. The first-order valence-electron chi connectivity index (χ1n) is 8.65. The van der Waals surface area contributed by atoms with Gasteiger partial charge in [0.2, 0.25) is 15.9 Å². The molecule has 3 aromatic rings. The highest BCUT2D eigenvalue weighted by Gasteiger charge is 2.20. The number of hydrogen-bond acceptors (Lipinski definition) is 3. The second-order valence-corrected chi connectivity index (χ2v) is 8.46. The molecule has 27 heavy (non-hydrogen) atoms. The van der Waals surface area contributed by atoms with E-state index in [1.165, 1.54) is 4.31 Å². The molecule has 3 aromatic carbocycles. The summed E-state index contributed by atoms with van der Waals surface area (Å²) in [6.07, 6.45) is 1.12. The minimum atomic E-state index is -3.50. The van der Waals surface area contributed by atoms with Crippen LogP contribution in [0.1, 0.15) is 11.1 Å². The van der Waals surface area contributed by atoms with Crippen molar-refractivity contribution in [2.24, 2.45) is 0 Å². The molecule has 0 bridgehead atoms. The number of nitrogens with one attached hydrogen (secondary N) is 1. The summed E-state index contributed by atoms with van der Waals surface area (Å²) < 4.78 is 25.3. The van der Waals surface area contributed by atoms with Gasteiger partial charge in [-0.25, -0.2) is 8.42 Å². The average molecular weight is 382 g/mol. The van der Waals surface area contributed by atoms with E-state index in [4.69, 9.17) is 0 Å². The lowest BCUT2D eigenvalue weighted by atomic mass is 10.1. The van der Waals surface area contributed by atoms with Crippen molar-refractivity contribution in [3.63, 3.8) is 0 Å². The largest absolute Gasteiger partial charge is 0.351 e. The van der Waals surface area contributed by atoms with Crippen molar-refractivity contribution in [1.29, 1.82) is 0 Å². The normalized spacial score (nSPS) is 11.6. The molecule has 0 aliphatic rings. The number of sulfonamides is 1. The average Bonchev–Trinajstić information content (AvgIpc) is 2.66. The summed E-state index contributed by atoms with van der Waals surface area (Å²) in [5.74, 6) is -0.329. The number of benzene rings is 3. The van der Waals surface area contributed by atoms with Crippen LogP contribution >= 0.6 is 0 Å². The van der Waals surface area contributed by atoms with E-state index < -0.39 is 10.0 Å². The minimum Gasteiger partial charge on any atom is -0.351 e. The molecule has 0 saturated heterocycles. The molecule has 5 nitrogen and oxygen atoms in total. The van der Waals surface area contributed by atoms with Gasteiger partial charge in [-0.15, -0.1) is 0 Å². The molecule has 0 fully saturated rings. The number of carbonyl (C=O) groups excluding carboxylic acids is 1. The maximum Gasteiger partial charge on any atom is 0.235 e. The van der Waals surface area contributed by atoms with Crippen molar-refractivity contribution in [3.05, 3.63) is 83.9 Å². The predicted octanol–water partition coefficient (Wildman–Crippen LogP) is 2.92. The lowest BCUT2D eigenvalue weighted by Crippen LogP contribution is -2.39. The number of nitrogens with zero attached hydrogens (tertiary/aromatic N) is 1. The Labute approximate surface area is 159 Å². The van der Waals surface area contributed by atoms with E-state index in [9.17, 15) is 13.2 Å². The second kappa shape index (κ2) is 8.33.